The molecule has 0 amide bonds. The average molecular weight is 185 g/mol. The zero-order valence-corrected chi connectivity index (χ0v) is 8.58. The number of carbonyl (C=O) groups excluding carboxylic acids is 1. The van der Waals surface area contributed by atoms with Crippen molar-refractivity contribution >= 4 is 5.78 Å². The van der Waals surface area contributed by atoms with E-state index < -0.39 is 0 Å². The van der Waals surface area contributed by atoms with Crippen molar-refractivity contribution in [3.63, 3.8) is 0 Å². The Balaban J connectivity index is 2.39. The molecule has 1 fully saturated rings. The summed E-state index contributed by atoms with van der Waals surface area (Å²) in [5.74, 6) is 0.247. The average Bonchev–Trinajstić information content (AvgIpc) is 2.28. The van der Waals surface area contributed by atoms with Gasteiger partial charge in [0.15, 0.2) is 0 Å². The van der Waals surface area contributed by atoms with Gasteiger partial charge in [0.2, 0.25) is 0 Å². The molecule has 0 spiro atoms. The maximum atomic E-state index is 10.9. The Kier molecular flexibility index (Phi) is 4.39. The number of Topliss-reactive ketones (excluding diaryl/α,β-unsaturated/α-hetero) is 1. The van der Waals surface area contributed by atoms with Crippen molar-refractivity contribution in [2.45, 2.75) is 32.8 Å². The molecule has 0 radical (unpaired) electrons. The molecule has 1 heterocycles. The quantitative estimate of drug-likeness (QED) is 0.659. The molecule has 1 saturated heterocycles. The van der Waals surface area contributed by atoms with Gasteiger partial charge < -0.3 is 4.74 Å². The van der Waals surface area contributed by atoms with Gasteiger partial charge in [0.05, 0.1) is 12.6 Å². The van der Waals surface area contributed by atoms with E-state index in [-0.39, 0.29) is 5.78 Å². The molecule has 1 aliphatic heterocycles. The molecule has 1 rings (SSSR count). The Morgan fingerprint density at radius 2 is 2.38 bits per heavy atom. The highest BCUT2D eigenvalue weighted by atomic mass is 16.5. The lowest BCUT2D eigenvalue weighted by Gasteiger charge is -2.21. The summed E-state index contributed by atoms with van der Waals surface area (Å²) in [4.78, 5) is 13.1. The van der Waals surface area contributed by atoms with Crippen LogP contribution in [0.25, 0.3) is 0 Å². The molecule has 0 saturated carbocycles. The molecule has 1 atom stereocenters. The van der Waals surface area contributed by atoms with E-state index in [1.807, 2.05) is 0 Å². The van der Waals surface area contributed by atoms with Crippen molar-refractivity contribution in [3.05, 3.63) is 0 Å². The Hall–Kier alpha value is -0.410. The van der Waals surface area contributed by atoms with Crippen LogP contribution in [-0.2, 0) is 9.53 Å². The lowest BCUT2D eigenvalue weighted by Crippen LogP contribution is -2.34. The fourth-order valence-electron chi connectivity index (χ4n) is 1.68. The number of rotatable bonds is 3. The standard InChI is InChI=1S/C10H19NO2/c1-3-10-8-11(7-9(2)12)5-4-6-13-10/h10H,3-8H2,1-2H3. The molecule has 1 aliphatic rings. The van der Waals surface area contributed by atoms with Gasteiger partial charge in [0, 0.05) is 19.7 Å². The van der Waals surface area contributed by atoms with Gasteiger partial charge in [-0.25, -0.2) is 0 Å². The van der Waals surface area contributed by atoms with E-state index >= 15 is 0 Å². The summed E-state index contributed by atoms with van der Waals surface area (Å²) >= 11 is 0. The molecule has 13 heavy (non-hydrogen) atoms. The summed E-state index contributed by atoms with van der Waals surface area (Å²) in [7, 11) is 0. The first-order chi connectivity index (χ1) is 6.22. The molecular weight excluding hydrogens is 166 g/mol. The summed E-state index contributed by atoms with van der Waals surface area (Å²) in [6, 6.07) is 0. The van der Waals surface area contributed by atoms with Crippen molar-refractivity contribution < 1.29 is 9.53 Å². The number of hydrogen-bond donors (Lipinski definition) is 0. The van der Waals surface area contributed by atoms with E-state index in [0.29, 0.717) is 12.6 Å². The fraction of sp³-hybridized carbons (Fsp3) is 0.900. The minimum absolute atomic E-state index is 0.247. The minimum Gasteiger partial charge on any atom is -0.377 e. The highest BCUT2D eigenvalue weighted by Gasteiger charge is 2.17. The van der Waals surface area contributed by atoms with Crippen molar-refractivity contribution in [1.29, 1.82) is 0 Å². The summed E-state index contributed by atoms with van der Waals surface area (Å²) in [5.41, 5.74) is 0. The van der Waals surface area contributed by atoms with Crippen molar-refractivity contribution in [1.82, 2.24) is 4.90 Å². The fourth-order valence-corrected chi connectivity index (χ4v) is 1.68. The normalized spacial score (nSPS) is 25.5. The summed E-state index contributed by atoms with van der Waals surface area (Å²) in [6.45, 7) is 7.10. The predicted octanol–water partition coefficient (Wildman–Crippen LogP) is 1.08. The molecule has 76 valence electrons. The highest BCUT2D eigenvalue weighted by Crippen LogP contribution is 2.08. The molecule has 0 aliphatic carbocycles. The van der Waals surface area contributed by atoms with Crippen LogP contribution in [0, 0.1) is 0 Å². The summed E-state index contributed by atoms with van der Waals surface area (Å²) in [6.07, 6.45) is 2.40. The predicted molar refractivity (Wildman–Crippen MR) is 51.8 cm³/mol. The van der Waals surface area contributed by atoms with Crippen LogP contribution in [0.5, 0.6) is 0 Å². The first kappa shape index (κ1) is 10.7. The van der Waals surface area contributed by atoms with Crippen LogP contribution in [0.2, 0.25) is 0 Å². The van der Waals surface area contributed by atoms with Crippen LogP contribution < -0.4 is 0 Å². The molecule has 0 aromatic heterocycles. The highest BCUT2D eigenvalue weighted by molar-refractivity contribution is 5.77. The molecule has 0 aromatic rings. The first-order valence-corrected chi connectivity index (χ1v) is 5.05. The van der Waals surface area contributed by atoms with Crippen molar-refractivity contribution in [2.75, 3.05) is 26.2 Å². The van der Waals surface area contributed by atoms with Crippen molar-refractivity contribution in [3.8, 4) is 0 Å². The maximum Gasteiger partial charge on any atom is 0.143 e. The second-order valence-corrected chi connectivity index (χ2v) is 3.69. The topological polar surface area (TPSA) is 29.5 Å². The maximum absolute atomic E-state index is 10.9. The van der Waals surface area contributed by atoms with Gasteiger partial charge in [-0.05, 0) is 19.8 Å². The summed E-state index contributed by atoms with van der Waals surface area (Å²) < 4.78 is 5.61. The third-order valence-electron chi connectivity index (χ3n) is 2.34. The monoisotopic (exact) mass is 185 g/mol. The molecule has 3 heteroatoms. The molecule has 0 aromatic carbocycles. The van der Waals surface area contributed by atoms with E-state index in [1.165, 1.54) is 0 Å². The zero-order valence-electron chi connectivity index (χ0n) is 8.58. The molecule has 3 nitrogen and oxygen atoms in total. The van der Waals surface area contributed by atoms with E-state index in [2.05, 4.69) is 11.8 Å². The lowest BCUT2D eigenvalue weighted by molar-refractivity contribution is -0.118. The smallest absolute Gasteiger partial charge is 0.143 e. The Morgan fingerprint density at radius 3 is 3.00 bits per heavy atom. The van der Waals surface area contributed by atoms with Gasteiger partial charge in [-0.15, -0.1) is 0 Å². The summed E-state index contributed by atoms with van der Waals surface area (Å²) in [5, 5.41) is 0. The van der Waals surface area contributed by atoms with E-state index in [9.17, 15) is 4.79 Å². The Morgan fingerprint density at radius 1 is 1.62 bits per heavy atom. The van der Waals surface area contributed by atoms with Gasteiger partial charge in [0.1, 0.15) is 5.78 Å². The van der Waals surface area contributed by atoms with Gasteiger partial charge in [-0.1, -0.05) is 6.92 Å². The van der Waals surface area contributed by atoms with Gasteiger partial charge in [-0.2, -0.15) is 0 Å². The molecule has 0 bridgehead atoms. The number of hydrogen-bond acceptors (Lipinski definition) is 3. The SMILES string of the molecule is CCC1CN(CC(C)=O)CCCO1. The minimum atomic E-state index is 0.247. The van der Waals surface area contributed by atoms with Crippen LogP contribution >= 0.6 is 0 Å². The van der Waals surface area contributed by atoms with Gasteiger partial charge in [-0.3, -0.25) is 9.69 Å². The largest absolute Gasteiger partial charge is 0.377 e. The third kappa shape index (κ3) is 3.87. The second kappa shape index (κ2) is 5.35. The van der Waals surface area contributed by atoms with Crippen LogP contribution in [0.1, 0.15) is 26.7 Å². The molecule has 0 N–H and O–H groups in total. The zero-order chi connectivity index (χ0) is 9.68. The number of carbonyl (C=O) groups is 1. The lowest BCUT2D eigenvalue weighted by atomic mass is 10.2. The second-order valence-electron chi connectivity index (χ2n) is 3.69. The number of ether oxygens (including phenoxy) is 1. The van der Waals surface area contributed by atoms with Crippen LogP contribution in [0.15, 0.2) is 0 Å². The van der Waals surface area contributed by atoms with E-state index in [4.69, 9.17) is 4.74 Å². The Bertz CT molecular complexity index is 170. The number of ketones is 1. The van der Waals surface area contributed by atoms with Crippen LogP contribution in [-0.4, -0.2) is 43.0 Å². The Labute approximate surface area is 80.1 Å². The van der Waals surface area contributed by atoms with Gasteiger partial charge >= 0.3 is 0 Å². The van der Waals surface area contributed by atoms with Gasteiger partial charge in [0.25, 0.3) is 0 Å². The van der Waals surface area contributed by atoms with Crippen LogP contribution in [0.3, 0.4) is 0 Å². The molecular formula is C10H19NO2. The van der Waals surface area contributed by atoms with Crippen LogP contribution in [0.4, 0.5) is 0 Å². The van der Waals surface area contributed by atoms with E-state index in [1.54, 1.807) is 6.92 Å². The van der Waals surface area contributed by atoms with E-state index in [0.717, 1.165) is 32.5 Å². The third-order valence-corrected chi connectivity index (χ3v) is 2.34. The molecule has 1 unspecified atom stereocenters. The number of nitrogens with zero attached hydrogens (tertiary/aromatic N) is 1. The first-order valence-electron chi connectivity index (χ1n) is 5.05. The van der Waals surface area contributed by atoms with Crippen molar-refractivity contribution in [2.24, 2.45) is 0 Å².